The molecule has 0 unspecified atom stereocenters. The van der Waals surface area contributed by atoms with Gasteiger partial charge in [-0.2, -0.15) is 0 Å². The molecule has 0 saturated carbocycles. The molecule has 4 nitrogen and oxygen atoms in total. The molecule has 0 aliphatic carbocycles. The predicted octanol–water partition coefficient (Wildman–Crippen LogP) is 4.12. The van der Waals surface area contributed by atoms with Crippen molar-refractivity contribution in [2.75, 3.05) is 11.1 Å². The van der Waals surface area contributed by atoms with Gasteiger partial charge < -0.3 is 11.1 Å². The van der Waals surface area contributed by atoms with Crippen LogP contribution in [0, 0.1) is 0 Å². The highest BCUT2D eigenvalue weighted by Gasteiger charge is 1.98. The molecule has 0 spiro atoms. The highest BCUT2D eigenvalue weighted by atomic mass is 32.1. The van der Waals surface area contributed by atoms with Gasteiger partial charge in [-0.05, 0) is 69.3 Å². The molecule has 0 heterocycles. The number of anilines is 2. The molecule has 0 aliphatic rings. The Morgan fingerprint density at radius 2 is 1.22 bits per heavy atom. The normalized spacial score (nSPS) is 9.35. The Morgan fingerprint density at radius 3 is 1.57 bits per heavy atom. The van der Waals surface area contributed by atoms with Gasteiger partial charge in [0.05, 0.1) is 4.99 Å². The smallest absolute Gasteiger partial charge is 0.159 e. The topological polar surface area (TPSA) is 72.2 Å². The lowest BCUT2D eigenvalue weighted by Crippen LogP contribution is -2.03. The van der Waals surface area contributed by atoms with Gasteiger partial charge in [0.2, 0.25) is 0 Å². The average Bonchev–Trinajstić information content (AvgIpc) is 2.48. The zero-order valence-electron chi connectivity index (χ0n) is 13.4. The third-order valence-electron chi connectivity index (χ3n) is 2.93. The molecule has 0 radical (unpaired) electrons. The molecule has 0 aromatic heterocycles. The molecule has 2 aromatic carbocycles. The third-order valence-corrected chi connectivity index (χ3v) is 3.03. The number of thiocarbonyl (C=S) groups is 1. The van der Waals surface area contributed by atoms with E-state index in [2.05, 4.69) is 5.32 Å². The van der Waals surface area contributed by atoms with E-state index in [0.717, 1.165) is 10.7 Å². The number of nitrogen functional groups attached to an aromatic ring is 1. The van der Waals surface area contributed by atoms with Crippen LogP contribution in [-0.2, 0) is 0 Å². The van der Waals surface area contributed by atoms with E-state index >= 15 is 0 Å². The van der Waals surface area contributed by atoms with Crippen LogP contribution in [0.4, 0.5) is 11.4 Å². The number of hydrogen-bond acceptors (Lipinski definition) is 4. The monoisotopic (exact) mass is 328 g/mol. The fraction of sp³-hybridized carbons (Fsp3) is 0.167. The quantitative estimate of drug-likeness (QED) is 0.504. The molecule has 0 bridgehead atoms. The summed E-state index contributed by atoms with van der Waals surface area (Å²) < 4.78 is 0. The Morgan fingerprint density at radius 1 is 0.826 bits per heavy atom. The van der Waals surface area contributed by atoms with E-state index in [-0.39, 0.29) is 11.6 Å². The molecule has 0 amide bonds. The van der Waals surface area contributed by atoms with E-state index < -0.39 is 0 Å². The maximum absolute atomic E-state index is 10.9. The number of Topliss-reactive ketones (excluding diaryl/α,β-unsaturated/α-hetero) is 2. The van der Waals surface area contributed by atoms with Crippen LogP contribution in [-0.4, -0.2) is 16.6 Å². The van der Waals surface area contributed by atoms with Crippen LogP contribution < -0.4 is 11.1 Å². The summed E-state index contributed by atoms with van der Waals surface area (Å²) in [6.07, 6.45) is 0. The van der Waals surface area contributed by atoms with Crippen molar-refractivity contribution in [1.29, 1.82) is 0 Å². The van der Waals surface area contributed by atoms with Crippen LogP contribution in [0.5, 0.6) is 0 Å². The number of carbonyl (C=O) groups is 2. The summed E-state index contributed by atoms with van der Waals surface area (Å²) in [5, 5.41) is 2.99. The molecule has 2 aromatic rings. The maximum Gasteiger partial charge on any atom is 0.159 e. The fourth-order valence-corrected chi connectivity index (χ4v) is 1.83. The van der Waals surface area contributed by atoms with Crippen LogP contribution in [0.15, 0.2) is 48.5 Å². The predicted molar refractivity (Wildman–Crippen MR) is 99.2 cm³/mol. The number of benzene rings is 2. The summed E-state index contributed by atoms with van der Waals surface area (Å²) in [4.78, 5) is 22.4. The number of hydrogen-bond donors (Lipinski definition) is 2. The van der Waals surface area contributed by atoms with E-state index in [0.29, 0.717) is 16.8 Å². The summed E-state index contributed by atoms with van der Waals surface area (Å²) in [6, 6.07) is 14.1. The van der Waals surface area contributed by atoms with E-state index in [4.69, 9.17) is 18.0 Å². The van der Waals surface area contributed by atoms with Crippen LogP contribution in [0.2, 0.25) is 0 Å². The first-order valence-electron chi connectivity index (χ1n) is 7.04. The summed E-state index contributed by atoms with van der Waals surface area (Å²) in [7, 11) is 0. The Labute approximate surface area is 141 Å². The van der Waals surface area contributed by atoms with Crippen molar-refractivity contribution in [3.63, 3.8) is 0 Å². The second kappa shape index (κ2) is 8.80. The standard InChI is InChI=1S/C10H11NOS.C8H9NO/c1-7(12)9-3-5-10(6-4-9)11-8(2)13;1-6(10)7-2-4-8(9)5-3-7/h3-6H,1-2H3,(H,11,13);2-5H,9H2,1H3. The Bertz CT molecular complexity index is 692. The molecule has 0 aliphatic heterocycles. The van der Waals surface area contributed by atoms with E-state index in [9.17, 15) is 9.59 Å². The van der Waals surface area contributed by atoms with Crippen LogP contribution in [0.25, 0.3) is 0 Å². The summed E-state index contributed by atoms with van der Waals surface area (Å²) in [5.74, 6) is 0.144. The number of carbonyl (C=O) groups excluding carboxylic acids is 2. The lowest BCUT2D eigenvalue weighted by atomic mass is 10.1. The zero-order chi connectivity index (χ0) is 17.4. The molecule has 5 heteroatoms. The van der Waals surface area contributed by atoms with E-state index in [1.807, 2.05) is 19.1 Å². The van der Waals surface area contributed by atoms with Crippen LogP contribution >= 0.6 is 12.2 Å². The molecule has 120 valence electrons. The number of nitrogens with two attached hydrogens (primary N) is 1. The van der Waals surface area contributed by atoms with Crippen molar-refractivity contribution in [3.8, 4) is 0 Å². The summed E-state index contributed by atoms with van der Waals surface area (Å²) in [5.41, 5.74) is 8.43. The molecular weight excluding hydrogens is 308 g/mol. The average molecular weight is 328 g/mol. The second-order valence-electron chi connectivity index (χ2n) is 4.99. The van der Waals surface area contributed by atoms with Gasteiger partial charge in [-0.15, -0.1) is 0 Å². The van der Waals surface area contributed by atoms with Gasteiger partial charge in [0.1, 0.15) is 0 Å². The molecule has 0 fully saturated rings. The van der Waals surface area contributed by atoms with Gasteiger partial charge >= 0.3 is 0 Å². The fourth-order valence-electron chi connectivity index (χ4n) is 1.71. The van der Waals surface area contributed by atoms with E-state index in [1.54, 1.807) is 43.3 Å². The molecule has 0 atom stereocenters. The largest absolute Gasteiger partial charge is 0.399 e. The Balaban J connectivity index is 0.000000238. The van der Waals surface area contributed by atoms with Crippen molar-refractivity contribution in [2.45, 2.75) is 20.8 Å². The highest BCUT2D eigenvalue weighted by molar-refractivity contribution is 7.80. The maximum atomic E-state index is 10.9. The summed E-state index contributed by atoms with van der Waals surface area (Å²) >= 11 is 4.88. The van der Waals surface area contributed by atoms with Crippen molar-refractivity contribution >= 4 is 40.1 Å². The van der Waals surface area contributed by atoms with Gasteiger partial charge in [-0.3, -0.25) is 9.59 Å². The van der Waals surface area contributed by atoms with Crippen LogP contribution in [0.1, 0.15) is 41.5 Å². The zero-order valence-corrected chi connectivity index (χ0v) is 14.2. The SMILES string of the molecule is CC(=O)c1ccc(N)cc1.CC(=O)c1ccc(NC(C)=S)cc1. The lowest BCUT2D eigenvalue weighted by molar-refractivity contribution is 0.100. The van der Waals surface area contributed by atoms with Gasteiger partial charge in [-0.25, -0.2) is 0 Å². The highest BCUT2D eigenvalue weighted by Crippen LogP contribution is 2.09. The van der Waals surface area contributed by atoms with Crippen LogP contribution in [0.3, 0.4) is 0 Å². The number of ketones is 2. The Hall–Kier alpha value is -2.53. The van der Waals surface area contributed by atoms with Gasteiger partial charge in [0.15, 0.2) is 11.6 Å². The minimum Gasteiger partial charge on any atom is -0.399 e. The molecule has 23 heavy (non-hydrogen) atoms. The van der Waals surface area contributed by atoms with Crippen molar-refractivity contribution < 1.29 is 9.59 Å². The number of nitrogens with one attached hydrogen (secondary N) is 1. The summed E-state index contributed by atoms with van der Waals surface area (Å²) in [6.45, 7) is 4.90. The van der Waals surface area contributed by atoms with Gasteiger partial charge in [0, 0.05) is 22.5 Å². The second-order valence-corrected chi connectivity index (χ2v) is 5.61. The van der Waals surface area contributed by atoms with Gasteiger partial charge in [-0.1, -0.05) is 12.2 Å². The Kier molecular flexibility index (Phi) is 7.09. The number of rotatable bonds is 3. The molecule has 3 N–H and O–H groups in total. The minimum absolute atomic E-state index is 0.0694. The first-order valence-corrected chi connectivity index (χ1v) is 7.45. The van der Waals surface area contributed by atoms with E-state index in [1.165, 1.54) is 6.92 Å². The molecule has 0 saturated heterocycles. The minimum atomic E-state index is 0.0694. The molecular formula is C18H20N2O2S. The lowest BCUT2D eigenvalue weighted by Gasteiger charge is -2.03. The molecule has 2 rings (SSSR count). The third kappa shape index (κ3) is 6.84. The van der Waals surface area contributed by atoms with Gasteiger partial charge in [0.25, 0.3) is 0 Å². The first kappa shape index (κ1) is 18.5. The first-order chi connectivity index (χ1) is 10.8. The van der Waals surface area contributed by atoms with Crippen molar-refractivity contribution in [2.24, 2.45) is 0 Å². The van der Waals surface area contributed by atoms with Crippen molar-refractivity contribution in [3.05, 3.63) is 59.7 Å². The van der Waals surface area contributed by atoms with Crippen molar-refractivity contribution in [1.82, 2.24) is 0 Å².